The first-order valence-electron chi connectivity index (χ1n) is 6.48. The van der Waals surface area contributed by atoms with Crippen molar-refractivity contribution in [3.05, 3.63) is 34.8 Å². The van der Waals surface area contributed by atoms with Gasteiger partial charge in [-0.15, -0.1) is 10.2 Å². The fourth-order valence-electron chi connectivity index (χ4n) is 1.61. The predicted octanol–water partition coefficient (Wildman–Crippen LogP) is 2.91. The Labute approximate surface area is 135 Å². The van der Waals surface area contributed by atoms with Crippen LogP contribution >= 0.6 is 11.3 Å². The maximum absolute atomic E-state index is 12.4. The van der Waals surface area contributed by atoms with Gasteiger partial charge >= 0.3 is 0 Å². The van der Waals surface area contributed by atoms with Gasteiger partial charge in [-0.25, -0.2) is 17.2 Å². The average molecular weight is 361 g/mol. The highest BCUT2D eigenvalue weighted by Gasteiger charge is 2.20. The lowest BCUT2D eigenvalue weighted by Gasteiger charge is -2.08. The highest BCUT2D eigenvalue weighted by atomic mass is 32.2. The standard InChI is InChI=1S/C13H13F2N3O3S2/c1-7(2)23(20,21)9-5-3-8(4-6-9)11(19)16-13-18-17-12(22-13)10(14)15/h3-7,10H,1-2H3,(H,16,18,19). The Balaban J connectivity index is 2.14. The number of nitrogens with zero attached hydrogens (tertiary/aromatic N) is 2. The molecule has 0 fully saturated rings. The van der Waals surface area contributed by atoms with Crippen molar-refractivity contribution in [2.45, 2.75) is 30.4 Å². The Morgan fingerprint density at radius 3 is 2.26 bits per heavy atom. The number of alkyl halides is 2. The van der Waals surface area contributed by atoms with E-state index in [2.05, 4.69) is 15.5 Å². The summed E-state index contributed by atoms with van der Waals surface area (Å²) < 4.78 is 48.8. The van der Waals surface area contributed by atoms with Gasteiger partial charge in [0.05, 0.1) is 10.1 Å². The van der Waals surface area contributed by atoms with Crippen molar-refractivity contribution in [3.63, 3.8) is 0 Å². The van der Waals surface area contributed by atoms with Crippen LogP contribution in [0.3, 0.4) is 0 Å². The van der Waals surface area contributed by atoms with Crippen LogP contribution in [-0.4, -0.2) is 29.8 Å². The first-order chi connectivity index (χ1) is 10.7. The number of hydrogen-bond acceptors (Lipinski definition) is 6. The van der Waals surface area contributed by atoms with Gasteiger partial charge in [-0.1, -0.05) is 11.3 Å². The monoisotopic (exact) mass is 361 g/mol. The highest BCUT2D eigenvalue weighted by Crippen LogP contribution is 2.25. The van der Waals surface area contributed by atoms with E-state index in [1.165, 1.54) is 24.3 Å². The summed E-state index contributed by atoms with van der Waals surface area (Å²) in [7, 11) is -3.42. The van der Waals surface area contributed by atoms with Crippen molar-refractivity contribution in [1.82, 2.24) is 10.2 Å². The molecule has 1 aromatic heterocycles. The van der Waals surface area contributed by atoms with Gasteiger partial charge in [0.25, 0.3) is 12.3 Å². The minimum atomic E-state index is -3.42. The summed E-state index contributed by atoms with van der Waals surface area (Å²) in [5, 5.41) is 7.92. The number of aromatic nitrogens is 2. The molecule has 2 rings (SSSR count). The molecule has 124 valence electrons. The average Bonchev–Trinajstić information content (AvgIpc) is 2.96. The summed E-state index contributed by atoms with van der Waals surface area (Å²) in [6.45, 7) is 3.12. The molecule has 1 amide bonds. The van der Waals surface area contributed by atoms with Crippen molar-refractivity contribution in [1.29, 1.82) is 0 Å². The van der Waals surface area contributed by atoms with Crippen LogP contribution in [0.15, 0.2) is 29.2 Å². The molecule has 0 saturated carbocycles. The number of hydrogen-bond donors (Lipinski definition) is 1. The summed E-state index contributed by atoms with van der Waals surface area (Å²) in [6, 6.07) is 5.35. The second kappa shape index (κ2) is 6.67. The number of sulfone groups is 1. The number of benzene rings is 1. The Morgan fingerprint density at radius 1 is 1.17 bits per heavy atom. The molecule has 0 aliphatic heterocycles. The van der Waals surface area contributed by atoms with Crippen LogP contribution in [0.5, 0.6) is 0 Å². The smallest absolute Gasteiger partial charge is 0.291 e. The Kier molecular flexibility index (Phi) is 5.05. The molecule has 0 bridgehead atoms. The molecule has 6 nitrogen and oxygen atoms in total. The van der Waals surface area contributed by atoms with Crippen LogP contribution in [0.4, 0.5) is 13.9 Å². The molecule has 0 saturated heterocycles. The zero-order valence-corrected chi connectivity index (χ0v) is 13.8. The van der Waals surface area contributed by atoms with Gasteiger partial charge in [0.15, 0.2) is 14.8 Å². The molecule has 0 radical (unpaired) electrons. The van der Waals surface area contributed by atoms with E-state index in [4.69, 9.17) is 0 Å². The first kappa shape index (κ1) is 17.4. The van der Waals surface area contributed by atoms with Crippen LogP contribution in [0.1, 0.15) is 35.6 Å². The third-order valence-corrected chi connectivity index (χ3v) is 5.93. The Hall–Kier alpha value is -1.94. The van der Waals surface area contributed by atoms with Crippen molar-refractivity contribution < 1.29 is 22.0 Å². The second-order valence-electron chi connectivity index (χ2n) is 4.82. The Bertz CT molecular complexity index is 802. The SMILES string of the molecule is CC(C)S(=O)(=O)c1ccc(C(=O)Nc2nnc(C(F)F)s2)cc1. The molecule has 1 N–H and O–H groups in total. The summed E-state index contributed by atoms with van der Waals surface area (Å²) in [5.74, 6) is -0.588. The van der Waals surface area contributed by atoms with Gasteiger partial charge in [0, 0.05) is 5.56 Å². The molecule has 23 heavy (non-hydrogen) atoms. The van der Waals surface area contributed by atoms with E-state index >= 15 is 0 Å². The Morgan fingerprint density at radius 2 is 1.78 bits per heavy atom. The van der Waals surface area contributed by atoms with E-state index in [0.717, 1.165) is 0 Å². The summed E-state index contributed by atoms with van der Waals surface area (Å²) in [4.78, 5) is 12.1. The molecular formula is C13H13F2N3O3S2. The number of nitrogens with one attached hydrogen (secondary N) is 1. The quantitative estimate of drug-likeness (QED) is 0.884. The molecule has 0 spiro atoms. The van der Waals surface area contributed by atoms with E-state index in [0.29, 0.717) is 11.3 Å². The lowest BCUT2D eigenvalue weighted by Crippen LogP contribution is -2.15. The molecule has 0 aliphatic carbocycles. The number of carbonyl (C=O) groups is 1. The lowest BCUT2D eigenvalue weighted by atomic mass is 10.2. The first-order valence-corrected chi connectivity index (χ1v) is 8.85. The van der Waals surface area contributed by atoms with E-state index in [1.807, 2.05) is 0 Å². The largest absolute Gasteiger partial charge is 0.296 e. The molecular weight excluding hydrogens is 348 g/mol. The van der Waals surface area contributed by atoms with Gasteiger partial charge in [-0.05, 0) is 38.1 Å². The topological polar surface area (TPSA) is 89.0 Å². The van der Waals surface area contributed by atoms with Crippen molar-refractivity contribution in [2.24, 2.45) is 0 Å². The lowest BCUT2D eigenvalue weighted by molar-refractivity contribution is 0.102. The number of halogens is 2. The number of rotatable bonds is 5. The maximum Gasteiger partial charge on any atom is 0.291 e. The normalized spacial score (nSPS) is 11.9. The minimum Gasteiger partial charge on any atom is -0.296 e. The van der Waals surface area contributed by atoms with Crippen LogP contribution in [-0.2, 0) is 9.84 Å². The van der Waals surface area contributed by atoms with Crippen molar-refractivity contribution in [2.75, 3.05) is 5.32 Å². The van der Waals surface area contributed by atoms with Crippen LogP contribution < -0.4 is 5.32 Å². The molecule has 0 atom stereocenters. The highest BCUT2D eigenvalue weighted by molar-refractivity contribution is 7.92. The zero-order valence-electron chi connectivity index (χ0n) is 12.2. The van der Waals surface area contributed by atoms with Crippen molar-refractivity contribution >= 4 is 32.2 Å². The summed E-state index contributed by atoms with van der Waals surface area (Å²) >= 11 is 0.575. The second-order valence-corrected chi connectivity index (χ2v) is 8.33. The van der Waals surface area contributed by atoms with Crippen LogP contribution in [0, 0.1) is 0 Å². The fraction of sp³-hybridized carbons (Fsp3) is 0.308. The van der Waals surface area contributed by atoms with E-state index in [1.54, 1.807) is 13.8 Å². The van der Waals surface area contributed by atoms with Crippen molar-refractivity contribution in [3.8, 4) is 0 Å². The number of carbonyl (C=O) groups excluding carboxylic acids is 1. The number of anilines is 1. The van der Waals surface area contributed by atoms with Gasteiger partial charge in [0.2, 0.25) is 5.13 Å². The maximum atomic E-state index is 12.4. The minimum absolute atomic E-state index is 0.0517. The van der Waals surface area contributed by atoms with Gasteiger partial charge in [0.1, 0.15) is 0 Å². The molecule has 1 aromatic carbocycles. The van der Waals surface area contributed by atoms with E-state index in [-0.39, 0.29) is 15.6 Å². The van der Waals surface area contributed by atoms with E-state index in [9.17, 15) is 22.0 Å². The van der Waals surface area contributed by atoms with Gasteiger partial charge in [-0.3, -0.25) is 10.1 Å². The third-order valence-electron chi connectivity index (χ3n) is 2.91. The van der Waals surface area contributed by atoms with Gasteiger partial charge in [-0.2, -0.15) is 0 Å². The van der Waals surface area contributed by atoms with Crippen LogP contribution in [0.25, 0.3) is 0 Å². The van der Waals surface area contributed by atoms with Gasteiger partial charge < -0.3 is 0 Å². The summed E-state index contributed by atoms with van der Waals surface area (Å²) in [6.07, 6.45) is -2.75. The molecule has 1 heterocycles. The molecule has 0 aliphatic rings. The van der Waals surface area contributed by atoms with Crippen LogP contribution in [0.2, 0.25) is 0 Å². The number of amides is 1. The fourth-order valence-corrected chi connectivity index (χ4v) is 3.26. The third kappa shape index (κ3) is 3.88. The van der Waals surface area contributed by atoms with E-state index < -0.39 is 32.4 Å². The summed E-state index contributed by atoms with van der Waals surface area (Å²) in [5.41, 5.74) is 0.182. The predicted molar refractivity (Wildman–Crippen MR) is 81.6 cm³/mol. The molecule has 2 aromatic rings. The zero-order chi connectivity index (χ0) is 17.2. The molecule has 0 unspecified atom stereocenters. The molecule has 10 heteroatoms.